The van der Waals surface area contributed by atoms with Crippen molar-refractivity contribution in [2.75, 3.05) is 6.54 Å². The zero-order chi connectivity index (χ0) is 11.3. The van der Waals surface area contributed by atoms with Crippen molar-refractivity contribution in [2.45, 2.75) is 6.42 Å². The highest BCUT2D eigenvalue weighted by Gasteiger charge is 2.09. The van der Waals surface area contributed by atoms with Gasteiger partial charge < -0.3 is 5.32 Å². The van der Waals surface area contributed by atoms with Gasteiger partial charge in [-0.25, -0.2) is 0 Å². The maximum Gasteiger partial charge on any atom is 0.252 e. The molecule has 0 aliphatic carbocycles. The van der Waals surface area contributed by atoms with Crippen molar-refractivity contribution >= 4 is 44.4 Å². The zero-order valence-electron chi connectivity index (χ0n) is 7.76. The van der Waals surface area contributed by atoms with Crippen molar-refractivity contribution in [3.8, 4) is 6.07 Å². The van der Waals surface area contributed by atoms with Gasteiger partial charge in [-0.2, -0.15) is 5.26 Å². The Balaban J connectivity index is 2.73. The van der Waals surface area contributed by atoms with Gasteiger partial charge in [0.05, 0.1) is 18.1 Å². The van der Waals surface area contributed by atoms with E-state index in [1.54, 1.807) is 6.07 Å². The number of carbonyl (C=O) groups excluding carboxylic acids is 1. The van der Waals surface area contributed by atoms with Gasteiger partial charge in [0.15, 0.2) is 0 Å². The molecular weight excluding hydrogens is 371 g/mol. The average Bonchev–Trinajstić information content (AvgIpc) is 2.22. The van der Waals surface area contributed by atoms with Crippen LogP contribution in [0.2, 0.25) is 0 Å². The number of halogens is 2. The standard InChI is InChI=1S/C10H8BrIN2O/c11-7-2-3-9(12)8(6-7)10(15)14-5-1-4-13/h2-3,6H,1,5H2,(H,14,15). The molecule has 1 aromatic carbocycles. The number of nitriles is 1. The third-order valence-corrected chi connectivity index (χ3v) is 3.13. The lowest BCUT2D eigenvalue weighted by Gasteiger charge is -2.05. The molecular formula is C10H8BrIN2O. The van der Waals surface area contributed by atoms with E-state index >= 15 is 0 Å². The van der Waals surface area contributed by atoms with Crippen LogP contribution < -0.4 is 5.32 Å². The maximum absolute atomic E-state index is 11.6. The normalized spacial score (nSPS) is 9.40. The number of amides is 1. The Kier molecular flexibility index (Phi) is 5.05. The highest BCUT2D eigenvalue weighted by molar-refractivity contribution is 14.1. The Morgan fingerprint density at radius 1 is 1.60 bits per heavy atom. The summed E-state index contributed by atoms with van der Waals surface area (Å²) in [5.41, 5.74) is 0.628. The summed E-state index contributed by atoms with van der Waals surface area (Å²) in [4.78, 5) is 11.6. The van der Waals surface area contributed by atoms with Crippen LogP contribution in [0.15, 0.2) is 22.7 Å². The molecule has 0 saturated carbocycles. The minimum Gasteiger partial charge on any atom is -0.351 e. The Labute approximate surface area is 110 Å². The molecule has 15 heavy (non-hydrogen) atoms. The fourth-order valence-electron chi connectivity index (χ4n) is 0.999. The number of hydrogen-bond acceptors (Lipinski definition) is 2. The van der Waals surface area contributed by atoms with Crippen LogP contribution in [-0.2, 0) is 0 Å². The second-order valence-electron chi connectivity index (χ2n) is 2.79. The maximum atomic E-state index is 11.6. The van der Waals surface area contributed by atoms with E-state index in [0.29, 0.717) is 18.5 Å². The fraction of sp³-hybridized carbons (Fsp3) is 0.200. The van der Waals surface area contributed by atoms with Gasteiger partial charge in [-0.3, -0.25) is 4.79 Å². The molecule has 5 heteroatoms. The van der Waals surface area contributed by atoms with E-state index in [1.165, 1.54) is 0 Å². The second-order valence-corrected chi connectivity index (χ2v) is 4.87. The van der Waals surface area contributed by atoms with Crippen molar-refractivity contribution in [1.29, 1.82) is 5.26 Å². The minimum absolute atomic E-state index is 0.143. The molecule has 0 fully saturated rings. The van der Waals surface area contributed by atoms with Gasteiger partial charge in [0.1, 0.15) is 0 Å². The molecule has 0 unspecified atom stereocenters. The van der Waals surface area contributed by atoms with Gasteiger partial charge in [0.2, 0.25) is 0 Å². The molecule has 0 radical (unpaired) electrons. The zero-order valence-corrected chi connectivity index (χ0v) is 11.5. The van der Waals surface area contributed by atoms with E-state index in [9.17, 15) is 4.79 Å². The van der Waals surface area contributed by atoms with Gasteiger partial charge >= 0.3 is 0 Å². The van der Waals surface area contributed by atoms with E-state index in [-0.39, 0.29) is 5.91 Å². The highest BCUT2D eigenvalue weighted by atomic mass is 127. The van der Waals surface area contributed by atoms with E-state index < -0.39 is 0 Å². The predicted molar refractivity (Wildman–Crippen MR) is 69.4 cm³/mol. The lowest BCUT2D eigenvalue weighted by Crippen LogP contribution is -2.24. The summed E-state index contributed by atoms with van der Waals surface area (Å²) in [6, 6.07) is 7.49. The summed E-state index contributed by atoms with van der Waals surface area (Å²) >= 11 is 5.42. The van der Waals surface area contributed by atoms with Crippen LogP contribution in [0.5, 0.6) is 0 Å². The average molecular weight is 379 g/mol. The first-order valence-electron chi connectivity index (χ1n) is 4.25. The van der Waals surface area contributed by atoms with Crippen molar-refractivity contribution in [3.63, 3.8) is 0 Å². The van der Waals surface area contributed by atoms with Crippen molar-refractivity contribution in [3.05, 3.63) is 31.8 Å². The Morgan fingerprint density at radius 3 is 3.00 bits per heavy atom. The van der Waals surface area contributed by atoms with Crippen LogP contribution in [0, 0.1) is 14.9 Å². The number of carbonyl (C=O) groups is 1. The highest BCUT2D eigenvalue weighted by Crippen LogP contribution is 2.18. The molecule has 3 nitrogen and oxygen atoms in total. The van der Waals surface area contributed by atoms with Gasteiger partial charge in [-0.05, 0) is 40.8 Å². The summed E-state index contributed by atoms with van der Waals surface area (Å²) in [6.07, 6.45) is 0.330. The quantitative estimate of drug-likeness (QED) is 0.649. The third-order valence-electron chi connectivity index (χ3n) is 1.70. The van der Waals surface area contributed by atoms with Crippen LogP contribution in [0.1, 0.15) is 16.8 Å². The molecule has 1 N–H and O–H groups in total. The molecule has 1 rings (SSSR count). The van der Waals surface area contributed by atoms with Crippen molar-refractivity contribution in [1.82, 2.24) is 5.32 Å². The first kappa shape index (κ1) is 12.5. The molecule has 0 spiro atoms. The molecule has 78 valence electrons. The van der Waals surface area contributed by atoms with Gasteiger partial charge in [0.25, 0.3) is 5.91 Å². The molecule has 0 atom stereocenters. The number of rotatable bonds is 3. The number of nitrogens with one attached hydrogen (secondary N) is 1. The van der Waals surface area contributed by atoms with Gasteiger partial charge in [-0.1, -0.05) is 15.9 Å². The second kappa shape index (κ2) is 6.08. The topological polar surface area (TPSA) is 52.9 Å². The van der Waals surface area contributed by atoms with Crippen LogP contribution in [0.4, 0.5) is 0 Å². The van der Waals surface area contributed by atoms with Crippen LogP contribution in [0.25, 0.3) is 0 Å². The largest absolute Gasteiger partial charge is 0.351 e. The molecule has 0 bridgehead atoms. The fourth-order valence-corrected chi connectivity index (χ4v) is 1.94. The predicted octanol–water partition coefficient (Wildman–Crippen LogP) is 2.70. The first-order chi connectivity index (χ1) is 7.15. The van der Waals surface area contributed by atoms with Crippen LogP contribution in [0.3, 0.4) is 0 Å². The lowest BCUT2D eigenvalue weighted by atomic mass is 10.2. The molecule has 1 aromatic rings. The summed E-state index contributed by atoms with van der Waals surface area (Å²) < 4.78 is 1.76. The smallest absolute Gasteiger partial charge is 0.252 e. The molecule has 0 saturated heterocycles. The molecule has 1 amide bonds. The molecule has 0 aliphatic heterocycles. The third kappa shape index (κ3) is 3.80. The van der Waals surface area contributed by atoms with Crippen LogP contribution in [-0.4, -0.2) is 12.5 Å². The summed E-state index contributed by atoms with van der Waals surface area (Å²) in [6.45, 7) is 0.387. The van der Waals surface area contributed by atoms with E-state index in [4.69, 9.17) is 5.26 Å². The number of benzene rings is 1. The number of hydrogen-bond donors (Lipinski definition) is 1. The van der Waals surface area contributed by atoms with Crippen molar-refractivity contribution in [2.24, 2.45) is 0 Å². The molecule has 0 aromatic heterocycles. The van der Waals surface area contributed by atoms with Gasteiger partial charge in [0, 0.05) is 14.6 Å². The Bertz CT molecular complexity index is 414. The first-order valence-corrected chi connectivity index (χ1v) is 6.12. The van der Waals surface area contributed by atoms with E-state index in [2.05, 4.69) is 43.8 Å². The summed E-state index contributed by atoms with van der Waals surface area (Å²) in [5, 5.41) is 11.0. The van der Waals surface area contributed by atoms with E-state index in [0.717, 1.165) is 8.04 Å². The SMILES string of the molecule is N#CCCNC(=O)c1cc(Br)ccc1I. The van der Waals surface area contributed by atoms with Crippen LogP contribution >= 0.6 is 38.5 Å². The van der Waals surface area contributed by atoms with Crippen molar-refractivity contribution < 1.29 is 4.79 Å². The minimum atomic E-state index is -0.143. The van der Waals surface area contributed by atoms with Gasteiger partial charge in [-0.15, -0.1) is 0 Å². The number of nitrogens with zero attached hydrogens (tertiary/aromatic N) is 1. The summed E-state index contributed by atoms with van der Waals surface area (Å²) in [7, 11) is 0. The lowest BCUT2D eigenvalue weighted by molar-refractivity contribution is 0.0953. The van der Waals surface area contributed by atoms with E-state index in [1.807, 2.05) is 18.2 Å². The Hall–Kier alpha value is -0.610. The monoisotopic (exact) mass is 378 g/mol. The summed E-state index contributed by atoms with van der Waals surface area (Å²) in [5.74, 6) is -0.143. The Morgan fingerprint density at radius 2 is 2.33 bits per heavy atom. The molecule has 0 heterocycles. The molecule has 0 aliphatic rings.